The van der Waals surface area contributed by atoms with E-state index < -0.39 is 0 Å². The maximum atomic E-state index is 12.5. The van der Waals surface area contributed by atoms with Gasteiger partial charge in [-0.1, -0.05) is 31.7 Å². The lowest BCUT2D eigenvalue weighted by Gasteiger charge is -2.20. The van der Waals surface area contributed by atoms with E-state index in [1.54, 1.807) is 0 Å². The Bertz CT molecular complexity index is 569. The molecule has 3 aliphatic rings. The number of hydrogen-bond donors (Lipinski definition) is 1. The smallest absolute Gasteiger partial charge is 0.321 e. The SMILES string of the molecule is O=C(Nc1cccc2c1OCO2)N1CCC(C2CCCC2)C1. The van der Waals surface area contributed by atoms with E-state index in [-0.39, 0.29) is 12.8 Å². The molecule has 1 unspecified atom stereocenters. The second kappa shape index (κ2) is 5.71. The fraction of sp³-hybridized carbons (Fsp3) is 0.588. The monoisotopic (exact) mass is 302 g/mol. The van der Waals surface area contributed by atoms with Crippen molar-refractivity contribution in [1.82, 2.24) is 4.90 Å². The van der Waals surface area contributed by atoms with Gasteiger partial charge in [-0.15, -0.1) is 0 Å². The third-order valence-corrected chi connectivity index (χ3v) is 5.22. The number of ether oxygens (including phenoxy) is 2. The second-order valence-electron chi connectivity index (χ2n) is 6.51. The van der Waals surface area contributed by atoms with Crippen LogP contribution in [-0.2, 0) is 0 Å². The van der Waals surface area contributed by atoms with Gasteiger partial charge in [0, 0.05) is 13.1 Å². The molecule has 2 heterocycles. The molecular weight excluding hydrogens is 280 g/mol. The molecule has 2 aliphatic heterocycles. The maximum absolute atomic E-state index is 12.5. The summed E-state index contributed by atoms with van der Waals surface area (Å²) < 4.78 is 10.8. The zero-order valence-electron chi connectivity index (χ0n) is 12.7. The number of anilines is 1. The van der Waals surface area contributed by atoms with Gasteiger partial charge in [-0.3, -0.25) is 0 Å². The molecule has 22 heavy (non-hydrogen) atoms. The average Bonchev–Trinajstić information content (AvgIpc) is 3.27. The molecule has 1 aliphatic carbocycles. The lowest BCUT2D eigenvalue weighted by atomic mass is 9.90. The van der Waals surface area contributed by atoms with Crippen LogP contribution in [-0.4, -0.2) is 30.8 Å². The summed E-state index contributed by atoms with van der Waals surface area (Å²) in [6.07, 6.45) is 6.56. The number of hydrogen-bond acceptors (Lipinski definition) is 3. The van der Waals surface area contributed by atoms with Crippen molar-refractivity contribution in [3.05, 3.63) is 18.2 Å². The minimum atomic E-state index is -0.0237. The zero-order valence-corrected chi connectivity index (χ0v) is 12.7. The number of carbonyl (C=O) groups is 1. The number of fused-ring (bicyclic) bond motifs is 1. The largest absolute Gasteiger partial charge is 0.454 e. The minimum Gasteiger partial charge on any atom is -0.454 e. The van der Waals surface area contributed by atoms with E-state index in [1.165, 1.54) is 25.7 Å². The molecule has 5 heteroatoms. The Hall–Kier alpha value is -1.91. The summed E-state index contributed by atoms with van der Waals surface area (Å²) in [4.78, 5) is 14.4. The molecule has 0 spiro atoms. The van der Waals surface area contributed by atoms with Crippen LogP contribution in [0.2, 0.25) is 0 Å². The van der Waals surface area contributed by atoms with E-state index in [9.17, 15) is 4.79 Å². The molecule has 1 aromatic carbocycles. The number of nitrogens with one attached hydrogen (secondary N) is 1. The van der Waals surface area contributed by atoms with Crippen molar-refractivity contribution >= 4 is 11.7 Å². The van der Waals surface area contributed by atoms with Crippen molar-refractivity contribution in [2.24, 2.45) is 11.8 Å². The normalized spacial score (nSPS) is 24.0. The molecular formula is C17H22N2O3. The van der Waals surface area contributed by atoms with Crippen LogP contribution in [0.15, 0.2) is 18.2 Å². The molecule has 1 aromatic rings. The van der Waals surface area contributed by atoms with Crippen LogP contribution in [0, 0.1) is 11.8 Å². The lowest BCUT2D eigenvalue weighted by Crippen LogP contribution is -2.33. The first-order valence-corrected chi connectivity index (χ1v) is 8.26. The van der Waals surface area contributed by atoms with Crippen LogP contribution in [0.4, 0.5) is 10.5 Å². The maximum Gasteiger partial charge on any atom is 0.321 e. The third kappa shape index (κ3) is 2.49. The third-order valence-electron chi connectivity index (χ3n) is 5.22. The van der Waals surface area contributed by atoms with Crippen molar-refractivity contribution in [1.29, 1.82) is 0 Å². The summed E-state index contributed by atoms with van der Waals surface area (Å²) >= 11 is 0. The molecule has 0 bridgehead atoms. The summed E-state index contributed by atoms with van der Waals surface area (Å²) in [6.45, 7) is 1.97. The summed E-state index contributed by atoms with van der Waals surface area (Å²) in [5.74, 6) is 2.86. The van der Waals surface area contributed by atoms with Crippen molar-refractivity contribution in [3.8, 4) is 11.5 Å². The van der Waals surface area contributed by atoms with Gasteiger partial charge in [-0.2, -0.15) is 0 Å². The molecule has 1 atom stereocenters. The fourth-order valence-electron chi connectivity index (χ4n) is 4.01. The Labute approximate surface area is 130 Å². The molecule has 5 nitrogen and oxygen atoms in total. The predicted octanol–water partition coefficient (Wildman–Crippen LogP) is 3.46. The summed E-state index contributed by atoms with van der Waals surface area (Å²) in [7, 11) is 0. The van der Waals surface area contributed by atoms with Crippen molar-refractivity contribution < 1.29 is 14.3 Å². The van der Waals surface area contributed by atoms with Crippen LogP contribution in [0.1, 0.15) is 32.1 Å². The summed E-state index contributed by atoms with van der Waals surface area (Å²) in [5, 5.41) is 2.98. The number of likely N-dealkylation sites (tertiary alicyclic amines) is 1. The van der Waals surface area contributed by atoms with Gasteiger partial charge in [-0.25, -0.2) is 4.79 Å². The van der Waals surface area contributed by atoms with E-state index in [1.807, 2.05) is 23.1 Å². The Balaban J connectivity index is 1.40. The second-order valence-corrected chi connectivity index (χ2v) is 6.51. The molecule has 0 aromatic heterocycles. The number of rotatable bonds is 2. The van der Waals surface area contributed by atoms with Gasteiger partial charge in [0.15, 0.2) is 11.5 Å². The van der Waals surface area contributed by atoms with Gasteiger partial charge in [0.2, 0.25) is 6.79 Å². The van der Waals surface area contributed by atoms with Gasteiger partial charge in [0.05, 0.1) is 5.69 Å². The molecule has 1 saturated carbocycles. The molecule has 1 N–H and O–H groups in total. The Morgan fingerprint density at radius 3 is 2.86 bits per heavy atom. The first-order chi connectivity index (χ1) is 10.8. The Kier molecular flexibility index (Phi) is 3.56. The van der Waals surface area contributed by atoms with E-state index >= 15 is 0 Å². The van der Waals surface area contributed by atoms with Crippen molar-refractivity contribution in [3.63, 3.8) is 0 Å². The first-order valence-electron chi connectivity index (χ1n) is 8.26. The van der Waals surface area contributed by atoms with E-state index in [2.05, 4.69) is 5.32 Å². The number of benzene rings is 1. The number of nitrogens with zero attached hydrogens (tertiary/aromatic N) is 1. The Morgan fingerprint density at radius 1 is 1.14 bits per heavy atom. The van der Waals surface area contributed by atoms with Gasteiger partial charge >= 0.3 is 6.03 Å². The molecule has 4 rings (SSSR count). The van der Waals surface area contributed by atoms with Crippen LogP contribution in [0.3, 0.4) is 0 Å². The van der Waals surface area contributed by atoms with Crippen molar-refractivity contribution in [2.75, 3.05) is 25.2 Å². The molecule has 2 amide bonds. The zero-order chi connectivity index (χ0) is 14.9. The standard InChI is InChI=1S/C17H22N2O3/c20-17(18-14-6-3-7-15-16(14)22-11-21-15)19-9-8-13(10-19)12-4-1-2-5-12/h3,6-7,12-13H,1-2,4-5,8-11H2,(H,18,20). The first kappa shape index (κ1) is 13.7. The van der Waals surface area contributed by atoms with Crippen LogP contribution >= 0.6 is 0 Å². The summed E-state index contributed by atoms with van der Waals surface area (Å²) in [5.41, 5.74) is 0.698. The highest BCUT2D eigenvalue weighted by Crippen LogP contribution is 2.40. The van der Waals surface area contributed by atoms with Crippen LogP contribution in [0.5, 0.6) is 11.5 Å². The topological polar surface area (TPSA) is 50.8 Å². The molecule has 1 saturated heterocycles. The van der Waals surface area contributed by atoms with Gasteiger partial charge < -0.3 is 19.7 Å². The van der Waals surface area contributed by atoms with E-state index in [0.29, 0.717) is 23.1 Å². The number of amides is 2. The minimum absolute atomic E-state index is 0.0237. The molecule has 118 valence electrons. The average molecular weight is 302 g/mol. The fourth-order valence-corrected chi connectivity index (χ4v) is 4.01. The molecule has 2 fully saturated rings. The van der Waals surface area contributed by atoms with E-state index in [4.69, 9.17) is 9.47 Å². The number of carbonyl (C=O) groups excluding carboxylic acids is 1. The lowest BCUT2D eigenvalue weighted by molar-refractivity contribution is 0.174. The van der Waals surface area contributed by atoms with Crippen LogP contribution in [0.25, 0.3) is 0 Å². The quantitative estimate of drug-likeness (QED) is 0.910. The van der Waals surface area contributed by atoms with Gasteiger partial charge in [-0.05, 0) is 30.4 Å². The van der Waals surface area contributed by atoms with E-state index in [0.717, 1.165) is 25.4 Å². The van der Waals surface area contributed by atoms with Gasteiger partial charge in [0.25, 0.3) is 0 Å². The summed E-state index contributed by atoms with van der Waals surface area (Å²) in [6, 6.07) is 5.55. The predicted molar refractivity (Wildman–Crippen MR) is 83.2 cm³/mol. The highest BCUT2D eigenvalue weighted by molar-refractivity contribution is 5.92. The highest BCUT2D eigenvalue weighted by atomic mass is 16.7. The number of urea groups is 1. The molecule has 0 radical (unpaired) electrons. The van der Waals surface area contributed by atoms with Crippen LogP contribution < -0.4 is 14.8 Å². The highest BCUT2D eigenvalue weighted by Gasteiger charge is 2.33. The van der Waals surface area contributed by atoms with Gasteiger partial charge in [0.1, 0.15) is 0 Å². The van der Waals surface area contributed by atoms with Crippen molar-refractivity contribution in [2.45, 2.75) is 32.1 Å². The Morgan fingerprint density at radius 2 is 2.00 bits per heavy atom. The number of para-hydroxylation sites is 1.